The fourth-order valence-electron chi connectivity index (χ4n) is 5.73. The molecule has 0 radical (unpaired) electrons. The molecule has 0 bridgehead atoms. The van der Waals surface area contributed by atoms with Crippen molar-refractivity contribution in [1.82, 2.24) is 0 Å². The van der Waals surface area contributed by atoms with Gasteiger partial charge in [-0.1, -0.05) is 120 Å². The molecule has 6 aromatic carbocycles. The van der Waals surface area contributed by atoms with Crippen molar-refractivity contribution in [1.29, 1.82) is 0 Å². The van der Waals surface area contributed by atoms with Crippen molar-refractivity contribution in [2.45, 2.75) is 52.1 Å². The molecule has 0 aliphatic carbocycles. The summed E-state index contributed by atoms with van der Waals surface area (Å²) in [7, 11) is 0. The van der Waals surface area contributed by atoms with E-state index in [2.05, 4.69) is 106 Å². The first-order valence-electron chi connectivity index (χ1n) is 16.8. The van der Waals surface area contributed by atoms with Crippen LogP contribution in [-0.2, 0) is 26.1 Å². The second-order valence-electron chi connectivity index (χ2n) is 12.4. The molecule has 0 aliphatic heterocycles. The second kappa shape index (κ2) is 17.4. The van der Waals surface area contributed by atoms with Crippen LogP contribution in [0.2, 0.25) is 0 Å². The minimum Gasteiger partial charge on any atom is -0.487 e. The third-order valence-electron chi connectivity index (χ3n) is 8.42. The van der Waals surface area contributed by atoms with Crippen LogP contribution in [0.3, 0.4) is 0 Å². The Labute approximate surface area is 312 Å². The fourth-order valence-corrected chi connectivity index (χ4v) is 6.77. The number of aryl methyl sites for hydroxylation is 2. The Kier molecular flexibility index (Phi) is 12.3. The molecular weight excluding hydrogens is 752 g/mol. The summed E-state index contributed by atoms with van der Waals surface area (Å²) < 4.78 is 28.6. The molecule has 0 unspecified atom stereocenters. The lowest BCUT2D eigenvalue weighted by Gasteiger charge is -2.30. The van der Waals surface area contributed by atoms with Gasteiger partial charge in [-0.05, 0) is 104 Å². The summed E-state index contributed by atoms with van der Waals surface area (Å²) in [5.41, 5.74) is 6.55. The van der Waals surface area contributed by atoms with Crippen molar-refractivity contribution < 1.29 is 18.9 Å². The van der Waals surface area contributed by atoms with Crippen molar-refractivity contribution in [3.05, 3.63) is 188 Å². The molecule has 0 fully saturated rings. The Morgan fingerprint density at radius 2 is 0.820 bits per heavy atom. The lowest BCUT2D eigenvalue weighted by atomic mass is 9.96. The minimum absolute atomic E-state index is 0.409. The lowest BCUT2D eigenvalue weighted by molar-refractivity contribution is 0.0531. The van der Waals surface area contributed by atoms with Crippen molar-refractivity contribution in [2.75, 3.05) is 0 Å². The van der Waals surface area contributed by atoms with E-state index in [1.165, 1.54) is 11.1 Å². The molecule has 0 heterocycles. The lowest BCUT2D eigenvalue weighted by Crippen LogP contribution is -2.40. The fraction of sp³-hybridized carbons (Fsp3) is 0.182. The zero-order valence-corrected chi connectivity index (χ0v) is 31.4. The Morgan fingerprint density at radius 3 is 1.20 bits per heavy atom. The second-order valence-corrected chi connectivity index (χ2v) is 14.1. The number of hydrogen-bond acceptors (Lipinski definition) is 4. The third kappa shape index (κ3) is 9.80. The maximum Gasteiger partial charge on any atom is 0.140 e. The average molecular weight is 793 g/mol. The van der Waals surface area contributed by atoms with Crippen LogP contribution < -0.4 is 18.9 Å². The zero-order valence-electron chi connectivity index (χ0n) is 28.2. The minimum atomic E-state index is -0.409. The molecule has 0 saturated carbocycles. The van der Waals surface area contributed by atoms with E-state index in [1.54, 1.807) is 0 Å². The summed E-state index contributed by atoms with van der Waals surface area (Å²) in [6.07, 6.45) is 0.242. The van der Waals surface area contributed by atoms with Crippen LogP contribution in [0.25, 0.3) is 0 Å². The maximum atomic E-state index is 6.91. The molecule has 0 N–H and O–H groups in total. The first kappa shape index (κ1) is 35.3. The molecule has 4 nitrogen and oxygen atoms in total. The first-order chi connectivity index (χ1) is 24.4. The highest BCUT2D eigenvalue weighted by Gasteiger charge is 2.30. The average Bonchev–Trinajstić information content (AvgIpc) is 3.13. The first-order valence-corrected chi connectivity index (χ1v) is 18.3. The molecule has 6 heteroatoms. The van der Waals surface area contributed by atoms with Gasteiger partial charge >= 0.3 is 0 Å². The van der Waals surface area contributed by atoms with Gasteiger partial charge in [-0.2, -0.15) is 0 Å². The highest BCUT2D eigenvalue weighted by molar-refractivity contribution is 9.10. The SMILES string of the molecule is Cc1ccc(O[C@H](Cc2cccc(Br)c2OCc2ccccc2)[C@@H](Cc2cccc(Br)c2OCc2ccccc2)Oc2ccc(C)cc2)cc1. The summed E-state index contributed by atoms with van der Waals surface area (Å²) >= 11 is 7.54. The Morgan fingerprint density at radius 1 is 0.440 bits per heavy atom. The van der Waals surface area contributed by atoms with E-state index in [4.69, 9.17) is 18.9 Å². The topological polar surface area (TPSA) is 36.9 Å². The molecule has 6 aromatic rings. The summed E-state index contributed by atoms with van der Waals surface area (Å²) in [5.74, 6) is 3.12. The van der Waals surface area contributed by atoms with Gasteiger partial charge in [0.25, 0.3) is 0 Å². The molecule has 0 amide bonds. The highest BCUT2D eigenvalue weighted by atomic mass is 79.9. The molecule has 0 aliphatic rings. The van der Waals surface area contributed by atoms with E-state index < -0.39 is 12.2 Å². The molecule has 2 atom stereocenters. The number of rotatable bonds is 15. The largest absolute Gasteiger partial charge is 0.487 e. The molecule has 0 spiro atoms. The van der Waals surface area contributed by atoms with Gasteiger partial charge in [0, 0.05) is 12.8 Å². The Hall–Kier alpha value is -4.52. The quantitative estimate of drug-likeness (QED) is 0.104. The summed E-state index contributed by atoms with van der Waals surface area (Å²) in [6, 6.07) is 49.1. The van der Waals surface area contributed by atoms with Crippen LogP contribution in [-0.4, -0.2) is 12.2 Å². The van der Waals surface area contributed by atoms with E-state index in [9.17, 15) is 0 Å². The third-order valence-corrected chi connectivity index (χ3v) is 9.67. The summed E-state index contributed by atoms with van der Waals surface area (Å²) in [4.78, 5) is 0. The zero-order chi connectivity index (χ0) is 34.7. The molecule has 0 saturated heterocycles. The Bertz CT molecular complexity index is 1800. The van der Waals surface area contributed by atoms with Crippen LogP contribution in [0.5, 0.6) is 23.0 Å². The van der Waals surface area contributed by atoms with E-state index >= 15 is 0 Å². The van der Waals surface area contributed by atoms with Gasteiger partial charge in [0.05, 0.1) is 8.95 Å². The van der Waals surface area contributed by atoms with E-state index in [0.29, 0.717) is 26.1 Å². The Balaban J connectivity index is 1.37. The standard InChI is InChI=1S/C44H40Br2O4/c1-31-19-23-37(24-20-31)49-41(27-35-15-9-17-39(45)43(35)47-29-33-11-5-3-6-12-33)42(50-38-25-21-32(2)22-26-38)28-36-16-10-18-40(46)44(36)48-30-34-13-7-4-8-14-34/h3-26,41-42H,27-30H2,1-2H3/t41-,42-/m1/s1. The van der Waals surface area contributed by atoms with E-state index in [1.807, 2.05) is 84.9 Å². The molecular formula is C44H40Br2O4. The van der Waals surface area contributed by atoms with Crippen molar-refractivity contribution in [2.24, 2.45) is 0 Å². The van der Waals surface area contributed by atoms with Crippen LogP contribution in [0.1, 0.15) is 33.4 Å². The smallest absolute Gasteiger partial charge is 0.140 e. The van der Waals surface area contributed by atoms with Crippen molar-refractivity contribution in [3.63, 3.8) is 0 Å². The predicted octanol–water partition coefficient (Wildman–Crippen LogP) is 11.7. The van der Waals surface area contributed by atoms with E-state index in [0.717, 1.165) is 54.2 Å². The van der Waals surface area contributed by atoms with Gasteiger partial charge in [-0.15, -0.1) is 0 Å². The number of benzene rings is 6. The van der Waals surface area contributed by atoms with Gasteiger partial charge in [-0.3, -0.25) is 0 Å². The monoisotopic (exact) mass is 790 g/mol. The van der Waals surface area contributed by atoms with Crippen LogP contribution in [0.4, 0.5) is 0 Å². The van der Waals surface area contributed by atoms with Crippen LogP contribution in [0, 0.1) is 13.8 Å². The summed E-state index contributed by atoms with van der Waals surface area (Å²) in [5, 5.41) is 0. The van der Waals surface area contributed by atoms with Crippen LogP contribution >= 0.6 is 31.9 Å². The van der Waals surface area contributed by atoms with Gasteiger partial charge in [0.1, 0.15) is 48.4 Å². The normalized spacial score (nSPS) is 12.2. The van der Waals surface area contributed by atoms with Crippen molar-refractivity contribution >= 4 is 31.9 Å². The van der Waals surface area contributed by atoms with Crippen molar-refractivity contribution in [3.8, 4) is 23.0 Å². The summed E-state index contributed by atoms with van der Waals surface area (Å²) in [6.45, 7) is 5.05. The molecule has 0 aromatic heterocycles. The predicted molar refractivity (Wildman–Crippen MR) is 208 cm³/mol. The number of ether oxygens (including phenoxy) is 4. The molecule has 50 heavy (non-hydrogen) atoms. The van der Waals surface area contributed by atoms with Gasteiger partial charge in [-0.25, -0.2) is 0 Å². The molecule has 6 rings (SSSR count). The van der Waals surface area contributed by atoms with Gasteiger partial charge in [0.15, 0.2) is 0 Å². The van der Waals surface area contributed by atoms with Crippen LogP contribution in [0.15, 0.2) is 155 Å². The number of halogens is 2. The molecule has 254 valence electrons. The highest BCUT2D eigenvalue weighted by Crippen LogP contribution is 2.35. The van der Waals surface area contributed by atoms with Gasteiger partial charge in [0.2, 0.25) is 0 Å². The number of para-hydroxylation sites is 2. The number of hydrogen-bond donors (Lipinski definition) is 0. The van der Waals surface area contributed by atoms with Gasteiger partial charge < -0.3 is 18.9 Å². The maximum absolute atomic E-state index is 6.91. The van der Waals surface area contributed by atoms with E-state index in [-0.39, 0.29) is 0 Å².